The molecule has 4 heterocycles. The second-order valence-corrected chi connectivity index (χ2v) is 11.9. The molecule has 1 fully saturated rings. The Labute approximate surface area is 231 Å². The van der Waals surface area contributed by atoms with Gasteiger partial charge in [0.15, 0.2) is 0 Å². The first-order chi connectivity index (χ1) is 18.6. The lowest BCUT2D eigenvalue weighted by molar-refractivity contribution is 0.0274. The molecule has 0 aliphatic carbocycles. The lowest BCUT2D eigenvalue weighted by atomic mass is 9.99. The minimum absolute atomic E-state index is 0.0312. The van der Waals surface area contributed by atoms with E-state index in [1.165, 1.54) is 11.1 Å². The Morgan fingerprint density at radius 2 is 1.77 bits per heavy atom. The first-order valence-corrected chi connectivity index (χ1v) is 14.2. The monoisotopic (exact) mass is 538 g/mol. The Morgan fingerprint density at radius 3 is 2.51 bits per heavy atom. The van der Waals surface area contributed by atoms with E-state index < -0.39 is 11.7 Å². The molecule has 1 amide bonds. The molecule has 2 unspecified atom stereocenters. The van der Waals surface area contributed by atoms with Crippen LogP contribution in [0.4, 0.5) is 0 Å². The number of piperidine rings is 1. The molecule has 39 heavy (non-hydrogen) atoms. The van der Waals surface area contributed by atoms with Crippen molar-refractivity contribution in [3.05, 3.63) is 53.1 Å². The van der Waals surface area contributed by atoms with Crippen molar-refractivity contribution in [2.45, 2.75) is 70.5 Å². The number of aliphatic hydroxyl groups is 2. The van der Waals surface area contributed by atoms with Crippen molar-refractivity contribution in [3.8, 4) is 11.8 Å². The lowest BCUT2D eigenvalue weighted by Gasteiger charge is -2.33. The van der Waals surface area contributed by atoms with Gasteiger partial charge < -0.3 is 29.5 Å². The number of carbonyl (C=O) groups is 1. The predicted molar refractivity (Wildman–Crippen MR) is 148 cm³/mol. The fourth-order valence-electron chi connectivity index (χ4n) is 5.95. The fraction of sp³-hybridized carbons (Fsp3) is 0.600. The van der Waals surface area contributed by atoms with Crippen LogP contribution in [0.5, 0.6) is 11.8 Å². The van der Waals surface area contributed by atoms with Crippen molar-refractivity contribution in [2.24, 2.45) is 0 Å². The summed E-state index contributed by atoms with van der Waals surface area (Å²) >= 11 is 0. The molecule has 212 valence electrons. The van der Waals surface area contributed by atoms with E-state index in [4.69, 9.17) is 9.47 Å². The van der Waals surface area contributed by atoms with E-state index in [2.05, 4.69) is 39.0 Å². The molecule has 3 aliphatic heterocycles. The third-order valence-electron chi connectivity index (χ3n) is 7.75. The molecule has 2 atom stereocenters. The number of aromatic nitrogens is 1. The van der Waals surface area contributed by atoms with Crippen LogP contribution in [0.2, 0.25) is 0 Å². The maximum Gasteiger partial charge on any atom is 0.259 e. The molecule has 2 aromatic rings. The van der Waals surface area contributed by atoms with Gasteiger partial charge in [0.2, 0.25) is 11.8 Å². The molecule has 0 radical (unpaired) electrons. The number of likely N-dealkylation sites (tertiary alicyclic amines) is 1. The van der Waals surface area contributed by atoms with E-state index >= 15 is 0 Å². The summed E-state index contributed by atoms with van der Waals surface area (Å²) in [5, 5.41) is 20.6. The summed E-state index contributed by atoms with van der Waals surface area (Å²) in [6.45, 7) is 10.9. The molecule has 0 saturated carbocycles. The van der Waals surface area contributed by atoms with Gasteiger partial charge in [0.1, 0.15) is 17.3 Å². The van der Waals surface area contributed by atoms with E-state index in [9.17, 15) is 15.0 Å². The van der Waals surface area contributed by atoms with Crippen molar-refractivity contribution >= 4 is 5.91 Å². The van der Waals surface area contributed by atoms with Crippen LogP contribution in [0, 0.1) is 0 Å². The maximum absolute atomic E-state index is 13.6. The van der Waals surface area contributed by atoms with Gasteiger partial charge >= 0.3 is 0 Å². The van der Waals surface area contributed by atoms with Gasteiger partial charge in [-0.3, -0.25) is 9.69 Å². The highest BCUT2D eigenvalue weighted by Crippen LogP contribution is 2.31. The second kappa shape index (κ2) is 11.8. The molecule has 5 rings (SSSR count). The van der Waals surface area contributed by atoms with Crippen LogP contribution >= 0.6 is 0 Å². The highest BCUT2D eigenvalue weighted by molar-refractivity contribution is 5.97. The molecule has 0 bridgehead atoms. The Kier molecular flexibility index (Phi) is 8.42. The number of ether oxygens (including phenoxy) is 2. The van der Waals surface area contributed by atoms with Gasteiger partial charge in [0, 0.05) is 51.9 Å². The van der Waals surface area contributed by atoms with Gasteiger partial charge in [-0.1, -0.05) is 24.3 Å². The Bertz CT molecular complexity index is 1150. The minimum Gasteiger partial charge on any atom is -0.474 e. The number of carbonyl (C=O) groups excluding carboxylic acids is 1. The van der Waals surface area contributed by atoms with E-state index in [0.717, 1.165) is 45.4 Å². The van der Waals surface area contributed by atoms with Crippen LogP contribution in [0.3, 0.4) is 0 Å². The first-order valence-electron chi connectivity index (χ1n) is 14.2. The van der Waals surface area contributed by atoms with Gasteiger partial charge in [-0.25, -0.2) is 0 Å². The van der Waals surface area contributed by atoms with E-state index in [1.807, 2.05) is 13.8 Å². The van der Waals surface area contributed by atoms with Crippen LogP contribution in [0.1, 0.15) is 55.1 Å². The summed E-state index contributed by atoms with van der Waals surface area (Å²) in [7, 11) is 0. The molecule has 9 nitrogen and oxygen atoms in total. The third-order valence-corrected chi connectivity index (χ3v) is 7.75. The number of nitrogens with zero attached hydrogens (tertiary/aromatic N) is 4. The number of amides is 1. The number of hydrogen-bond donors (Lipinski definition) is 2. The lowest BCUT2D eigenvalue weighted by Crippen LogP contribution is -2.48. The second-order valence-electron chi connectivity index (χ2n) is 11.9. The number of hydrogen-bond acceptors (Lipinski definition) is 8. The summed E-state index contributed by atoms with van der Waals surface area (Å²) in [4.78, 5) is 24.3. The number of pyridine rings is 1. The normalized spacial score (nSPS) is 21.9. The van der Waals surface area contributed by atoms with Crippen LogP contribution in [-0.2, 0) is 13.0 Å². The smallest absolute Gasteiger partial charge is 0.259 e. The van der Waals surface area contributed by atoms with Crippen LogP contribution in [0.15, 0.2) is 36.4 Å². The highest BCUT2D eigenvalue weighted by atomic mass is 16.5. The van der Waals surface area contributed by atoms with Crippen LogP contribution in [-0.4, -0.2) is 106 Å². The average molecular weight is 539 g/mol. The number of fused-ring (bicyclic) bond motifs is 2. The van der Waals surface area contributed by atoms with Crippen molar-refractivity contribution in [1.29, 1.82) is 0 Å². The van der Waals surface area contributed by atoms with Crippen molar-refractivity contribution in [1.82, 2.24) is 19.7 Å². The molecule has 1 saturated heterocycles. The number of β-amino-alcohol motifs (C(OH)–C–C–N with tert-alkyl or cyclic N) is 2. The number of benzene rings is 1. The number of rotatable bonds is 8. The molecule has 1 aromatic carbocycles. The number of aliphatic hydroxyl groups excluding tert-OH is 2. The summed E-state index contributed by atoms with van der Waals surface area (Å²) in [6, 6.07) is 11.9. The van der Waals surface area contributed by atoms with E-state index in [-0.39, 0.29) is 30.5 Å². The molecule has 2 N–H and O–H groups in total. The zero-order valence-electron chi connectivity index (χ0n) is 23.4. The largest absolute Gasteiger partial charge is 0.474 e. The summed E-state index contributed by atoms with van der Waals surface area (Å²) < 4.78 is 12.4. The topological polar surface area (TPSA) is 98.6 Å². The van der Waals surface area contributed by atoms with Crippen molar-refractivity contribution < 1.29 is 24.5 Å². The zero-order chi connectivity index (χ0) is 27.6. The van der Waals surface area contributed by atoms with Gasteiger partial charge in [-0.05, 0) is 57.2 Å². The fourth-order valence-corrected chi connectivity index (χ4v) is 5.95. The van der Waals surface area contributed by atoms with Crippen molar-refractivity contribution in [2.75, 3.05) is 45.8 Å². The molecule has 3 aliphatic rings. The highest BCUT2D eigenvalue weighted by Gasteiger charge is 2.36. The van der Waals surface area contributed by atoms with E-state index in [1.54, 1.807) is 24.0 Å². The Hall–Kier alpha value is -2.72. The maximum atomic E-state index is 13.6. The summed E-state index contributed by atoms with van der Waals surface area (Å²) in [5.41, 5.74) is 2.39. The zero-order valence-corrected chi connectivity index (χ0v) is 23.4. The predicted octanol–water partition coefficient (Wildman–Crippen LogP) is 2.34. The van der Waals surface area contributed by atoms with Gasteiger partial charge in [-0.2, -0.15) is 4.98 Å². The summed E-state index contributed by atoms with van der Waals surface area (Å²) in [5.74, 6) is 0.535. The standard InChI is InChI=1S/C30H42N4O5/c1-21(35)16-32-14-11-25(12-15-32)38-27-9-8-26-28(31-27)39-30(2,3)20-34(29(26)37)19-24(36)18-33-13-10-22-6-4-5-7-23(22)17-33/h4-9,21,24-25,35-36H,10-20H2,1-3H3. The van der Waals surface area contributed by atoms with Crippen molar-refractivity contribution in [3.63, 3.8) is 0 Å². The van der Waals surface area contributed by atoms with Gasteiger partial charge in [0.05, 0.1) is 18.8 Å². The minimum atomic E-state index is -0.678. The molecule has 0 spiro atoms. The third kappa shape index (κ3) is 7.08. The average Bonchev–Trinajstić information content (AvgIpc) is 2.97. The Morgan fingerprint density at radius 1 is 1.03 bits per heavy atom. The summed E-state index contributed by atoms with van der Waals surface area (Å²) in [6.07, 6.45) is 1.69. The van der Waals surface area contributed by atoms with Crippen LogP contribution < -0.4 is 9.47 Å². The van der Waals surface area contributed by atoms with Gasteiger partial charge in [-0.15, -0.1) is 0 Å². The molecular formula is C30H42N4O5. The quantitative estimate of drug-likeness (QED) is 0.529. The van der Waals surface area contributed by atoms with Crippen LogP contribution in [0.25, 0.3) is 0 Å². The van der Waals surface area contributed by atoms with E-state index in [0.29, 0.717) is 31.1 Å². The van der Waals surface area contributed by atoms with Gasteiger partial charge in [0.25, 0.3) is 5.91 Å². The SMILES string of the molecule is CC(O)CN1CCC(Oc2ccc3c(n2)OC(C)(C)CN(CC(O)CN2CCc4ccccc4C2)C3=O)CC1. The molecular weight excluding hydrogens is 496 g/mol. The first kappa shape index (κ1) is 27.8. The Balaban J connectivity index is 1.21. The molecule has 9 heteroatoms. The molecule has 1 aromatic heterocycles.